The molecule has 0 radical (unpaired) electrons. The van der Waals surface area contributed by atoms with E-state index >= 15 is 0 Å². The first-order valence-electron chi connectivity index (χ1n) is 11.3. The molecule has 9 nitrogen and oxygen atoms in total. The maximum atomic E-state index is 12.3. The molecule has 36 heavy (non-hydrogen) atoms. The molecule has 0 saturated heterocycles. The number of hydrogen-bond donors (Lipinski definition) is 3. The van der Waals surface area contributed by atoms with Crippen LogP contribution in [0.2, 0.25) is 0 Å². The van der Waals surface area contributed by atoms with Crippen LogP contribution >= 0.6 is 0 Å². The van der Waals surface area contributed by atoms with Crippen molar-refractivity contribution in [3.05, 3.63) is 85.0 Å². The standard InChI is InChI=1S/C27H26N6O3/c1-4-25(34)28-12-11-26(35)32-20-6-9-23-22(14-20)27(31-16-30-23)33-19-7-10-24(17(2)13-19)36-21-8-5-18(3)29-15-21/h4-10,13-16H,1,11-12H2,2-3H3,(H,28,34)(H,32,35)(H,30,31,33). The fourth-order valence-electron chi connectivity index (χ4n) is 3.45. The molecule has 0 atom stereocenters. The maximum Gasteiger partial charge on any atom is 0.243 e. The van der Waals surface area contributed by atoms with E-state index in [1.165, 1.54) is 12.4 Å². The number of anilines is 3. The minimum absolute atomic E-state index is 0.139. The molecule has 2 heterocycles. The summed E-state index contributed by atoms with van der Waals surface area (Å²) in [4.78, 5) is 36.5. The van der Waals surface area contributed by atoms with Crippen molar-refractivity contribution in [2.45, 2.75) is 20.3 Å². The average molecular weight is 483 g/mol. The Morgan fingerprint density at radius 3 is 2.58 bits per heavy atom. The van der Waals surface area contributed by atoms with E-state index in [9.17, 15) is 9.59 Å². The summed E-state index contributed by atoms with van der Waals surface area (Å²) in [5.74, 6) is 1.46. The van der Waals surface area contributed by atoms with Crippen LogP contribution in [0, 0.1) is 13.8 Å². The van der Waals surface area contributed by atoms with Gasteiger partial charge in [0.2, 0.25) is 11.8 Å². The summed E-state index contributed by atoms with van der Waals surface area (Å²) in [7, 11) is 0. The summed E-state index contributed by atoms with van der Waals surface area (Å²) < 4.78 is 5.96. The predicted molar refractivity (Wildman–Crippen MR) is 140 cm³/mol. The van der Waals surface area contributed by atoms with E-state index in [0.717, 1.165) is 33.6 Å². The van der Waals surface area contributed by atoms with E-state index in [1.54, 1.807) is 12.3 Å². The molecule has 0 spiro atoms. The lowest BCUT2D eigenvalue weighted by molar-refractivity contribution is -0.117. The monoisotopic (exact) mass is 482 g/mol. The van der Waals surface area contributed by atoms with E-state index in [2.05, 4.69) is 37.5 Å². The molecule has 182 valence electrons. The largest absolute Gasteiger partial charge is 0.455 e. The molecule has 2 aromatic carbocycles. The topological polar surface area (TPSA) is 118 Å². The van der Waals surface area contributed by atoms with Gasteiger partial charge in [-0.15, -0.1) is 0 Å². The molecule has 0 saturated carbocycles. The summed E-state index contributed by atoms with van der Waals surface area (Å²) >= 11 is 0. The molecule has 0 unspecified atom stereocenters. The van der Waals surface area contributed by atoms with Crippen LogP contribution in [0.3, 0.4) is 0 Å². The Kier molecular flexibility index (Phi) is 7.50. The molecule has 0 fully saturated rings. The summed E-state index contributed by atoms with van der Waals surface area (Å²) in [6.45, 7) is 7.49. The van der Waals surface area contributed by atoms with Gasteiger partial charge in [-0.1, -0.05) is 6.58 Å². The Morgan fingerprint density at radius 1 is 1.00 bits per heavy atom. The zero-order valence-corrected chi connectivity index (χ0v) is 20.0. The van der Waals surface area contributed by atoms with Gasteiger partial charge >= 0.3 is 0 Å². The second-order valence-corrected chi connectivity index (χ2v) is 8.09. The third-order valence-corrected chi connectivity index (χ3v) is 5.31. The smallest absolute Gasteiger partial charge is 0.243 e. The molecule has 0 bridgehead atoms. The highest BCUT2D eigenvalue weighted by Crippen LogP contribution is 2.30. The van der Waals surface area contributed by atoms with E-state index in [1.807, 2.05) is 56.3 Å². The van der Waals surface area contributed by atoms with Gasteiger partial charge in [-0.25, -0.2) is 9.97 Å². The van der Waals surface area contributed by atoms with Gasteiger partial charge in [0.05, 0.1) is 11.7 Å². The Hall–Kier alpha value is -4.79. The highest BCUT2D eigenvalue weighted by atomic mass is 16.5. The third-order valence-electron chi connectivity index (χ3n) is 5.31. The SMILES string of the molecule is C=CC(=O)NCCC(=O)Nc1ccc2ncnc(Nc3ccc(Oc4ccc(C)nc4)c(C)c3)c2c1. The zero-order valence-electron chi connectivity index (χ0n) is 20.0. The highest BCUT2D eigenvalue weighted by Gasteiger charge is 2.10. The number of fused-ring (bicyclic) bond motifs is 1. The number of carbonyl (C=O) groups excluding carboxylic acids is 2. The first-order valence-corrected chi connectivity index (χ1v) is 11.3. The number of nitrogens with zero attached hydrogens (tertiary/aromatic N) is 3. The number of aryl methyl sites for hydroxylation is 2. The van der Waals surface area contributed by atoms with E-state index in [4.69, 9.17) is 4.74 Å². The second kappa shape index (κ2) is 11.1. The molecule has 2 aromatic heterocycles. The van der Waals surface area contributed by atoms with Crippen LogP contribution in [0.5, 0.6) is 11.5 Å². The minimum atomic E-state index is -0.316. The van der Waals surface area contributed by atoms with Crippen molar-refractivity contribution in [2.75, 3.05) is 17.2 Å². The Labute approximate surface area is 208 Å². The highest BCUT2D eigenvalue weighted by molar-refractivity contribution is 5.97. The average Bonchev–Trinajstić information content (AvgIpc) is 2.87. The maximum absolute atomic E-state index is 12.3. The van der Waals surface area contributed by atoms with Gasteiger partial charge in [-0.3, -0.25) is 14.6 Å². The molecule has 3 N–H and O–H groups in total. The molecule has 2 amide bonds. The molecule has 4 rings (SSSR count). The Morgan fingerprint density at radius 2 is 1.83 bits per heavy atom. The van der Waals surface area contributed by atoms with Crippen LogP contribution in [-0.2, 0) is 9.59 Å². The summed E-state index contributed by atoms with van der Waals surface area (Å²) in [5, 5.41) is 9.50. The lowest BCUT2D eigenvalue weighted by atomic mass is 10.1. The molecule has 4 aromatic rings. The van der Waals surface area contributed by atoms with Gasteiger partial charge in [-0.2, -0.15) is 0 Å². The summed E-state index contributed by atoms with van der Waals surface area (Å²) in [5.41, 5.74) is 4.03. The van der Waals surface area contributed by atoms with Gasteiger partial charge in [0.15, 0.2) is 0 Å². The fourth-order valence-corrected chi connectivity index (χ4v) is 3.45. The van der Waals surface area contributed by atoms with E-state index in [-0.39, 0.29) is 24.8 Å². The fraction of sp³-hybridized carbons (Fsp3) is 0.148. The van der Waals surface area contributed by atoms with Crippen molar-refractivity contribution in [1.82, 2.24) is 20.3 Å². The molecule has 0 aliphatic rings. The van der Waals surface area contributed by atoms with Crippen molar-refractivity contribution >= 4 is 39.9 Å². The van der Waals surface area contributed by atoms with Gasteiger partial charge < -0.3 is 20.7 Å². The Bertz CT molecular complexity index is 1420. The summed E-state index contributed by atoms with van der Waals surface area (Å²) in [6.07, 6.45) is 4.49. The number of carbonyl (C=O) groups is 2. The normalized spacial score (nSPS) is 10.5. The number of benzene rings is 2. The van der Waals surface area contributed by atoms with Crippen LogP contribution in [-0.4, -0.2) is 33.3 Å². The summed E-state index contributed by atoms with van der Waals surface area (Å²) in [6, 6.07) is 14.9. The number of hydrogen-bond acceptors (Lipinski definition) is 7. The quantitative estimate of drug-likeness (QED) is 0.293. The van der Waals surface area contributed by atoms with E-state index < -0.39 is 0 Å². The first kappa shape index (κ1) is 24.3. The first-order chi connectivity index (χ1) is 17.4. The third kappa shape index (κ3) is 6.20. The molecule has 0 aliphatic heterocycles. The number of pyridine rings is 1. The van der Waals surface area contributed by atoms with Crippen LogP contribution in [0.4, 0.5) is 17.2 Å². The van der Waals surface area contributed by atoms with Crippen LogP contribution < -0.4 is 20.7 Å². The number of amides is 2. The van der Waals surface area contributed by atoms with Crippen molar-refractivity contribution in [2.24, 2.45) is 0 Å². The number of nitrogens with one attached hydrogen (secondary N) is 3. The van der Waals surface area contributed by atoms with Crippen LogP contribution in [0.1, 0.15) is 17.7 Å². The second-order valence-electron chi connectivity index (χ2n) is 8.09. The van der Waals surface area contributed by atoms with Crippen LogP contribution in [0.25, 0.3) is 10.9 Å². The van der Waals surface area contributed by atoms with E-state index in [0.29, 0.717) is 17.3 Å². The predicted octanol–water partition coefficient (Wildman–Crippen LogP) is 4.81. The van der Waals surface area contributed by atoms with Crippen LogP contribution in [0.15, 0.2) is 73.7 Å². The lowest BCUT2D eigenvalue weighted by Gasteiger charge is -2.13. The number of ether oxygens (including phenoxy) is 1. The molecular weight excluding hydrogens is 456 g/mol. The van der Waals surface area contributed by atoms with Gasteiger partial charge in [0.1, 0.15) is 23.6 Å². The van der Waals surface area contributed by atoms with Crippen molar-refractivity contribution < 1.29 is 14.3 Å². The Balaban J connectivity index is 1.48. The van der Waals surface area contributed by atoms with Gasteiger partial charge in [0, 0.05) is 35.4 Å². The van der Waals surface area contributed by atoms with Crippen molar-refractivity contribution in [3.8, 4) is 11.5 Å². The number of rotatable bonds is 9. The zero-order chi connectivity index (χ0) is 25.5. The molecular formula is C27H26N6O3. The molecule has 9 heteroatoms. The van der Waals surface area contributed by atoms with Gasteiger partial charge in [-0.05, 0) is 74.0 Å². The molecule has 0 aliphatic carbocycles. The minimum Gasteiger partial charge on any atom is -0.455 e. The number of aromatic nitrogens is 3. The lowest BCUT2D eigenvalue weighted by Crippen LogP contribution is -2.25. The van der Waals surface area contributed by atoms with Crippen molar-refractivity contribution in [1.29, 1.82) is 0 Å². The van der Waals surface area contributed by atoms with Gasteiger partial charge in [0.25, 0.3) is 0 Å². The van der Waals surface area contributed by atoms with Crippen molar-refractivity contribution in [3.63, 3.8) is 0 Å².